The van der Waals surface area contributed by atoms with Crippen molar-refractivity contribution in [3.8, 4) is 0 Å². The molecule has 1 heterocycles. The van der Waals surface area contributed by atoms with Crippen LogP contribution in [0, 0.1) is 37.5 Å². The standard InChI is InChI=1S/C17H18BrNO3/c1-7-3-4-11(8(2)5-7)19-16(20)12-9-6-10-13(12)17(21)22-15(10)14(9)18/h3-5,9-10,12-15H,6H2,1-2H3,(H,19,20)/t9-,10-,12-,13-,14-,15+/m1/s1. The van der Waals surface area contributed by atoms with Crippen LogP contribution in [-0.4, -0.2) is 22.8 Å². The third-order valence-corrected chi connectivity index (χ3v) is 6.67. The third kappa shape index (κ3) is 1.87. The second-order valence-corrected chi connectivity index (χ2v) is 7.83. The van der Waals surface area contributed by atoms with Gasteiger partial charge in [0.15, 0.2) is 0 Å². The molecule has 0 radical (unpaired) electrons. The Morgan fingerprint density at radius 2 is 2.09 bits per heavy atom. The minimum atomic E-state index is -0.277. The Bertz CT molecular complexity index is 674. The van der Waals surface area contributed by atoms with Gasteiger partial charge >= 0.3 is 5.97 Å². The molecule has 0 aromatic heterocycles. The molecule has 1 aliphatic heterocycles. The van der Waals surface area contributed by atoms with Gasteiger partial charge < -0.3 is 10.1 Å². The molecular formula is C17H18BrNO3. The van der Waals surface area contributed by atoms with Gasteiger partial charge in [-0.15, -0.1) is 0 Å². The van der Waals surface area contributed by atoms with Gasteiger partial charge in [-0.25, -0.2) is 0 Å². The number of carbonyl (C=O) groups is 2. The lowest BCUT2D eigenvalue weighted by molar-refractivity contribution is -0.145. The summed E-state index contributed by atoms with van der Waals surface area (Å²) in [5.74, 6) is -0.378. The number of esters is 1. The summed E-state index contributed by atoms with van der Waals surface area (Å²) in [6.45, 7) is 4.01. The highest BCUT2D eigenvalue weighted by Crippen LogP contribution is 2.60. The molecule has 1 N–H and O–H groups in total. The first-order valence-electron chi connectivity index (χ1n) is 7.70. The number of benzene rings is 1. The number of nitrogens with one attached hydrogen (secondary N) is 1. The lowest BCUT2D eigenvalue weighted by Crippen LogP contribution is -2.40. The predicted octanol–water partition coefficient (Wildman–Crippen LogP) is 2.81. The van der Waals surface area contributed by atoms with Crippen molar-refractivity contribution in [2.45, 2.75) is 31.2 Å². The molecule has 4 nitrogen and oxygen atoms in total. The Labute approximate surface area is 137 Å². The van der Waals surface area contributed by atoms with Crippen LogP contribution in [0.5, 0.6) is 0 Å². The van der Waals surface area contributed by atoms with E-state index < -0.39 is 0 Å². The zero-order chi connectivity index (χ0) is 15.6. The predicted molar refractivity (Wildman–Crippen MR) is 85.7 cm³/mol. The maximum Gasteiger partial charge on any atom is 0.310 e. The highest BCUT2D eigenvalue weighted by molar-refractivity contribution is 9.09. The van der Waals surface area contributed by atoms with E-state index in [9.17, 15) is 9.59 Å². The summed E-state index contributed by atoms with van der Waals surface area (Å²) >= 11 is 3.64. The molecule has 1 amide bonds. The largest absolute Gasteiger partial charge is 0.461 e. The Morgan fingerprint density at radius 1 is 1.32 bits per heavy atom. The van der Waals surface area contributed by atoms with Gasteiger partial charge in [-0.05, 0) is 37.8 Å². The Balaban J connectivity index is 1.59. The molecule has 3 aliphatic rings. The van der Waals surface area contributed by atoms with E-state index in [0.29, 0.717) is 0 Å². The van der Waals surface area contributed by atoms with Crippen molar-refractivity contribution < 1.29 is 14.3 Å². The molecule has 1 aromatic carbocycles. The lowest BCUT2D eigenvalue weighted by atomic mass is 9.79. The van der Waals surface area contributed by atoms with Gasteiger partial charge in [0.25, 0.3) is 0 Å². The molecule has 0 unspecified atom stereocenters. The van der Waals surface area contributed by atoms with Crippen molar-refractivity contribution >= 4 is 33.5 Å². The SMILES string of the molecule is Cc1ccc(NC(=O)[C@@H]2[C@H]3C[C@H]4[C@H](OC(=O)[C@H]42)[C@@H]3Br)c(C)c1. The summed E-state index contributed by atoms with van der Waals surface area (Å²) in [6, 6.07) is 5.96. The van der Waals surface area contributed by atoms with Gasteiger partial charge in [-0.2, -0.15) is 0 Å². The first-order chi connectivity index (χ1) is 10.5. The topological polar surface area (TPSA) is 55.4 Å². The molecule has 5 heteroatoms. The van der Waals surface area contributed by atoms with E-state index >= 15 is 0 Å². The van der Waals surface area contributed by atoms with Crippen LogP contribution in [0.3, 0.4) is 0 Å². The highest BCUT2D eigenvalue weighted by atomic mass is 79.9. The smallest absolute Gasteiger partial charge is 0.310 e. The summed E-state index contributed by atoms with van der Waals surface area (Å²) in [5.41, 5.74) is 3.03. The molecule has 2 bridgehead atoms. The number of amides is 1. The monoisotopic (exact) mass is 363 g/mol. The maximum atomic E-state index is 12.8. The fourth-order valence-electron chi connectivity index (χ4n) is 4.50. The molecule has 3 fully saturated rings. The number of hydrogen-bond donors (Lipinski definition) is 1. The average molecular weight is 364 g/mol. The molecule has 1 aromatic rings. The summed E-state index contributed by atoms with van der Waals surface area (Å²) in [6.07, 6.45) is 0.870. The van der Waals surface area contributed by atoms with Crippen LogP contribution in [0.1, 0.15) is 17.5 Å². The number of ether oxygens (including phenoxy) is 1. The molecule has 0 spiro atoms. The number of fused-ring (bicyclic) bond motifs is 1. The molecule has 1 saturated heterocycles. The van der Waals surface area contributed by atoms with E-state index in [4.69, 9.17) is 4.74 Å². The summed E-state index contributed by atoms with van der Waals surface area (Å²) < 4.78 is 5.46. The lowest BCUT2D eigenvalue weighted by Gasteiger charge is -2.27. The van der Waals surface area contributed by atoms with Gasteiger partial charge in [0.05, 0.1) is 16.7 Å². The Hall–Kier alpha value is -1.36. The molecule has 2 saturated carbocycles. The molecule has 22 heavy (non-hydrogen) atoms. The van der Waals surface area contributed by atoms with Crippen LogP contribution in [0.15, 0.2) is 18.2 Å². The van der Waals surface area contributed by atoms with Crippen molar-refractivity contribution in [2.75, 3.05) is 5.32 Å². The van der Waals surface area contributed by atoms with Gasteiger partial charge in [-0.1, -0.05) is 33.6 Å². The number of hydrogen-bond acceptors (Lipinski definition) is 3. The van der Waals surface area contributed by atoms with Crippen LogP contribution in [0.2, 0.25) is 0 Å². The number of aryl methyl sites for hydroxylation is 2. The van der Waals surface area contributed by atoms with Crippen molar-refractivity contribution in [1.82, 2.24) is 0 Å². The van der Waals surface area contributed by atoms with Crippen LogP contribution in [0.25, 0.3) is 0 Å². The number of halogens is 1. The van der Waals surface area contributed by atoms with Crippen LogP contribution < -0.4 is 5.32 Å². The maximum absolute atomic E-state index is 12.8. The molecular weight excluding hydrogens is 346 g/mol. The normalized spacial score (nSPS) is 38.2. The van der Waals surface area contributed by atoms with E-state index in [0.717, 1.165) is 23.2 Å². The van der Waals surface area contributed by atoms with Crippen LogP contribution in [0.4, 0.5) is 5.69 Å². The average Bonchev–Trinajstić information content (AvgIpc) is 3.06. The van der Waals surface area contributed by atoms with Gasteiger partial charge in [0.1, 0.15) is 6.10 Å². The number of alkyl halides is 1. The van der Waals surface area contributed by atoms with Crippen molar-refractivity contribution in [2.24, 2.45) is 23.7 Å². The minimum absolute atomic E-state index is 0.0346. The van der Waals surface area contributed by atoms with Crippen molar-refractivity contribution in [3.05, 3.63) is 29.3 Å². The Kier molecular flexibility index (Phi) is 3.12. The molecule has 2 aliphatic carbocycles. The van der Waals surface area contributed by atoms with Gasteiger partial charge in [0.2, 0.25) is 5.91 Å². The second kappa shape index (κ2) is 4.82. The zero-order valence-electron chi connectivity index (χ0n) is 12.5. The van der Waals surface area contributed by atoms with E-state index in [1.54, 1.807) is 0 Å². The van der Waals surface area contributed by atoms with Crippen LogP contribution >= 0.6 is 15.9 Å². The minimum Gasteiger partial charge on any atom is -0.461 e. The summed E-state index contributed by atoms with van der Waals surface area (Å²) in [7, 11) is 0. The highest BCUT2D eigenvalue weighted by Gasteiger charge is 2.67. The van der Waals surface area contributed by atoms with Gasteiger partial charge in [-0.3, -0.25) is 9.59 Å². The van der Waals surface area contributed by atoms with E-state index in [1.807, 2.05) is 32.0 Å². The fourth-order valence-corrected chi connectivity index (χ4v) is 5.54. The van der Waals surface area contributed by atoms with E-state index in [2.05, 4.69) is 21.2 Å². The molecule has 4 rings (SSSR count). The zero-order valence-corrected chi connectivity index (χ0v) is 14.1. The third-order valence-electron chi connectivity index (χ3n) is 5.47. The van der Waals surface area contributed by atoms with Gasteiger partial charge in [0, 0.05) is 11.6 Å². The first-order valence-corrected chi connectivity index (χ1v) is 8.61. The van der Waals surface area contributed by atoms with E-state index in [-0.39, 0.29) is 46.5 Å². The molecule has 116 valence electrons. The Morgan fingerprint density at radius 3 is 2.82 bits per heavy atom. The number of carbonyl (C=O) groups excluding carboxylic acids is 2. The second-order valence-electron chi connectivity index (χ2n) is 6.77. The quantitative estimate of drug-likeness (QED) is 0.649. The fraction of sp³-hybridized carbons (Fsp3) is 0.529. The number of rotatable bonds is 2. The summed E-state index contributed by atoms with van der Waals surface area (Å²) in [4.78, 5) is 25.0. The summed E-state index contributed by atoms with van der Waals surface area (Å²) in [5, 5.41) is 3.02. The van der Waals surface area contributed by atoms with Crippen molar-refractivity contribution in [1.29, 1.82) is 0 Å². The van der Waals surface area contributed by atoms with Crippen LogP contribution in [-0.2, 0) is 14.3 Å². The van der Waals surface area contributed by atoms with Crippen molar-refractivity contribution in [3.63, 3.8) is 0 Å². The van der Waals surface area contributed by atoms with E-state index in [1.165, 1.54) is 0 Å². The first kappa shape index (κ1) is 14.2. The number of anilines is 1. The molecule has 6 atom stereocenters.